The first-order valence-corrected chi connectivity index (χ1v) is 12.8. The Balaban J connectivity index is 1.83. The van der Waals surface area contributed by atoms with E-state index in [2.05, 4.69) is 56.4 Å². The van der Waals surface area contributed by atoms with Crippen molar-refractivity contribution in [1.29, 1.82) is 0 Å². The van der Waals surface area contributed by atoms with Crippen LogP contribution in [0.2, 0.25) is 0 Å². The summed E-state index contributed by atoms with van der Waals surface area (Å²) in [6.07, 6.45) is 0.937. The summed E-state index contributed by atoms with van der Waals surface area (Å²) in [5, 5.41) is 4.66. The number of hydrogen-bond acceptors (Lipinski definition) is 4. The van der Waals surface area contributed by atoms with Crippen LogP contribution in [-0.4, -0.2) is 23.6 Å². The van der Waals surface area contributed by atoms with Crippen molar-refractivity contribution in [2.24, 2.45) is 0 Å². The highest BCUT2D eigenvalue weighted by Crippen LogP contribution is 2.41. The van der Waals surface area contributed by atoms with Crippen molar-refractivity contribution in [3.63, 3.8) is 0 Å². The molecule has 6 heteroatoms. The number of thiophene rings is 1. The lowest BCUT2D eigenvalue weighted by molar-refractivity contribution is 0.0603. The van der Waals surface area contributed by atoms with Gasteiger partial charge in [-0.15, -0.1) is 11.3 Å². The Kier molecular flexibility index (Phi) is 6.86. The third-order valence-electron chi connectivity index (χ3n) is 6.82. The molecule has 0 unspecified atom stereocenters. The van der Waals surface area contributed by atoms with E-state index in [4.69, 9.17) is 4.74 Å². The molecule has 0 saturated heterocycles. The van der Waals surface area contributed by atoms with Gasteiger partial charge in [-0.1, -0.05) is 31.2 Å². The van der Waals surface area contributed by atoms with Crippen LogP contribution >= 0.6 is 11.3 Å². The van der Waals surface area contributed by atoms with Crippen LogP contribution in [0.5, 0.6) is 0 Å². The lowest BCUT2D eigenvalue weighted by Crippen LogP contribution is -2.19. The summed E-state index contributed by atoms with van der Waals surface area (Å²) < 4.78 is 7.19. The summed E-state index contributed by atoms with van der Waals surface area (Å²) >= 11 is 1.40. The first-order chi connectivity index (χ1) is 16.7. The molecule has 1 amide bonds. The SMILES string of the molecule is CCc1ccc2c(c1)c(C)c(C(=O)Nc1sc(C)c(-c3ccc(C)c(C)c3)c1C(=O)OC)n2CC. The van der Waals surface area contributed by atoms with E-state index in [1.54, 1.807) is 0 Å². The standard InChI is InChI=1S/C29H32N2O3S/c1-8-20-11-13-23-22(15-20)18(5)26(31(23)9-2)27(32)30-28-25(29(33)34-7)24(19(6)35-28)21-12-10-16(3)17(4)14-21/h10-15H,8-9H2,1-7H3,(H,30,32). The van der Waals surface area contributed by atoms with Crippen molar-refractivity contribution < 1.29 is 14.3 Å². The fourth-order valence-corrected chi connectivity index (χ4v) is 5.81. The smallest absolute Gasteiger partial charge is 0.341 e. The number of esters is 1. The summed E-state index contributed by atoms with van der Waals surface area (Å²) in [7, 11) is 1.37. The summed E-state index contributed by atoms with van der Waals surface area (Å²) in [6, 6.07) is 12.5. The van der Waals surface area contributed by atoms with Gasteiger partial charge >= 0.3 is 5.97 Å². The van der Waals surface area contributed by atoms with Crippen LogP contribution in [0, 0.1) is 27.7 Å². The van der Waals surface area contributed by atoms with Crippen LogP contribution < -0.4 is 5.32 Å². The van der Waals surface area contributed by atoms with Crippen molar-refractivity contribution in [2.45, 2.75) is 54.5 Å². The van der Waals surface area contributed by atoms with Crippen molar-refractivity contribution in [2.75, 3.05) is 12.4 Å². The molecule has 0 fully saturated rings. The number of fused-ring (bicyclic) bond motifs is 1. The quantitative estimate of drug-likeness (QED) is 0.291. The highest BCUT2D eigenvalue weighted by molar-refractivity contribution is 7.17. The normalized spacial score (nSPS) is 11.2. The second kappa shape index (κ2) is 9.70. The summed E-state index contributed by atoms with van der Waals surface area (Å²) in [6.45, 7) is 12.9. The number of amides is 1. The molecule has 2 aromatic carbocycles. The fourth-order valence-electron chi connectivity index (χ4n) is 4.75. The number of benzene rings is 2. The van der Waals surface area contributed by atoms with Gasteiger partial charge in [-0.05, 0) is 81.0 Å². The number of anilines is 1. The third-order valence-corrected chi connectivity index (χ3v) is 7.84. The first-order valence-electron chi connectivity index (χ1n) is 11.9. The van der Waals surface area contributed by atoms with Crippen molar-refractivity contribution >= 4 is 39.1 Å². The number of aryl methyl sites for hydroxylation is 6. The van der Waals surface area contributed by atoms with Gasteiger partial charge in [0.25, 0.3) is 5.91 Å². The number of aromatic nitrogens is 1. The number of hydrogen-bond donors (Lipinski definition) is 1. The van der Waals surface area contributed by atoms with Gasteiger partial charge in [0.15, 0.2) is 0 Å². The Bertz CT molecular complexity index is 1460. The second-order valence-corrected chi connectivity index (χ2v) is 10.1. The molecule has 4 rings (SSSR count). The van der Waals surface area contributed by atoms with Crippen molar-refractivity contribution in [3.8, 4) is 11.1 Å². The molecule has 5 nitrogen and oxygen atoms in total. The molecule has 4 aromatic rings. The second-order valence-electron chi connectivity index (χ2n) is 8.91. The number of rotatable bonds is 6. The van der Waals surface area contributed by atoms with Crippen LogP contribution in [-0.2, 0) is 17.7 Å². The molecule has 0 aliphatic heterocycles. The predicted molar refractivity (Wildman–Crippen MR) is 145 cm³/mol. The number of nitrogens with one attached hydrogen (secondary N) is 1. The molecule has 0 saturated carbocycles. The zero-order chi connectivity index (χ0) is 25.4. The Labute approximate surface area is 210 Å². The highest BCUT2D eigenvalue weighted by atomic mass is 32.1. The van der Waals surface area contributed by atoms with Gasteiger partial charge in [0.1, 0.15) is 16.3 Å². The molecule has 35 heavy (non-hydrogen) atoms. The third kappa shape index (κ3) is 4.27. The zero-order valence-electron chi connectivity index (χ0n) is 21.5. The number of carbonyl (C=O) groups excluding carboxylic acids is 2. The van der Waals surface area contributed by atoms with Gasteiger partial charge in [0.05, 0.1) is 7.11 Å². The van der Waals surface area contributed by atoms with Crippen LogP contribution in [0.1, 0.15) is 61.8 Å². The van der Waals surface area contributed by atoms with Crippen LogP contribution in [0.3, 0.4) is 0 Å². The van der Waals surface area contributed by atoms with Gasteiger partial charge in [0.2, 0.25) is 0 Å². The Hall–Kier alpha value is -3.38. The monoisotopic (exact) mass is 488 g/mol. The van der Waals surface area contributed by atoms with Gasteiger partial charge in [-0.2, -0.15) is 0 Å². The predicted octanol–water partition coefficient (Wildman–Crippen LogP) is 7.22. The topological polar surface area (TPSA) is 60.3 Å². The fraction of sp³-hybridized carbons (Fsp3) is 0.310. The molecule has 182 valence electrons. The molecule has 2 aromatic heterocycles. The minimum Gasteiger partial charge on any atom is -0.465 e. The zero-order valence-corrected chi connectivity index (χ0v) is 22.3. The van der Waals surface area contributed by atoms with E-state index in [1.165, 1.54) is 29.6 Å². The maximum atomic E-state index is 13.7. The number of ether oxygens (including phenoxy) is 1. The van der Waals surface area contributed by atoms with Gasteiger partial charge in [0, 0.05) is 27.9 Å². The molecule has 0 spiro atoms. The maximum Gasteiger partial charge on any atom is 0.341 e. The van der Waals surface area contributed by atoms with E-state index in [-0.39, 0.29) is 5.91 Å². The van der Waals surface area contributed by atoms with Gasteiger partial charge < -0.3 is 14.6 Å². The summed E-state index contributed by atoms with van der Waals surface area (Å²) in [5.41, 5.74) is 8.31. The molecule has 0 bridgehead atoms. The number of carbonyl (C=O) groups is 2. The van der Waals surface area contributed by atoms with Crippen LogP contribution in [0.4, 0.5) is 5.00 Å². The number of methoxy groups -OCH3 is 1. The van der Waals surface area contributed by atoms with E-state index in [9.17, 15) is 9.59 Å². The van der Waals surface area contributed by atoms with E-state index in [0.717, 1.165) is 44.5 Å². The maximum absolute atomic E-state index is 13.7. The Morgan fingerprint density at radius 1 is 1.00 bits per heavy atom. The molecule has 1 N–H and O–H groups in total. The average molecular weight is 489 g/mol. The van der Waals surface area contributed by atoms with Crippen molar-refractivity contribution in [1.82, 2.24) is 4.57 Å². The molecule has 0 radical (unpaired) electrons. The molecule has 2 heterocycles. The minimum atomic E-state index is -0.460. The largest absolute Gasteiger partial charge is 0.465 e. The van der Waals surface area contributed by atoms with Crippen LogP contribution in [0.15, 0.2) is 36.4 Å². The number of nitrogens with zero attached hydrogens (tertiary/aromatic N) is 1. The van der Waals surface area contributed by atoms with Crippen molar-refractivity contribution in [3.05, 3.63) is 74.8 Å². The average Bonchev–Trinajstić information content (AvgIpc) is 3.32. The minimum absolute atomic E-state index is 0.225. The molecule has 0 aliphatic carbocycles. The van der Waals surface area contributed by atoms with Gasteiger partial charge in [-0.25, -0.2) is 4.79 Å². The first kappa shape index (κ1) is 24.7. The van der Waals surface area contributed by atoms with E-state index < -0.39 is 5.97 Å². The molecule has 0 atom stereocenters. The van der Waals surface area contributed by atoms with E-state index in [1.807, 2.05) is 31.4 Å². The molecular weight excluding hydrogens is 456 g/mol. The highest BCUT2D eigenvalue weighted by Gasteiger charge is 2.27. The lowest BCUT2D eigenvalue weighted by atomic mass is 9.97. The van der Waals surface area contributed by atoms with Crippen LogP contribution in [0.25, 0.3) is 22.0 Å². The molecule has 0 aliphatic rings. The Morgan fingerprint density at radius 3 is 2.37 bits per heavy atom. The van der Waals surface area contributed by atoms with E-state index in [0.29, 0.717) is 22.8 Å². The van der Waals surface area contributed by atoms with E-state index >= 15 is 0 Å². The summed E-state index contributed by atoms with van der Waals surface area (Å²) in [4.78, 5) is 27.6. The lowest BCUT2D eigenvalue weighted by Gasteiger charge is -2.11. The Morgan fingerprint density at radius 2 is 1.74 bits per heavy atom. The van der Waals surface area contributed by atoms with Gasteiger partial charge in [-0.3, -0.25) is 4.79 Å². The summed E-state index contributed by atoms with van der Waals surface area (Å²) in [5.74, 6) is -0.685. The molecular formula is C29H32N2O3S.